The molecule has 0 radical (unpaired) electrons. The van der Waals surface area contributed by atoms with Crippen LogP contribution in [0.1, 0.15) is 32.6 Å². The van der Waals surface area contributed by atoms with E-state index in [4.69, 9.17) is 4.74 Å². The van der Waals surface area contributed by atoms with Crippen molar-refractivity contribution in [2.24, 2.45) is 5.92 Å². The van der Waals surface area contributed by atoms with Gasteiger partial charge in [0, 0.05) is 26.6 Å². The molecule has 6 nitrogen and oxygen atoms in total. The normalized spacial score (nSPS) is 21.4. The van der Waals surface area contributed by atoms with Crippen molar-refractivity contribution < 1.29 is 9.53 Å². The highest BCUT2D eigenvalue weighted by Crippen LogP contribution is 2.26. The largest absolute Gasteiger partial charge is 0.450 e. The lowest BCUT2D eigenvalue weighted by Crippen LogP contribution is -2.37. The van der Waals surface area contributed by atoms with E-state index >= 15 is 0 Å². The van der Waals surface area contributed by atoms with Crippen molar-refractivity contribution in [2.75, 3.05) is 25.2 Å². The molecular formula is C15H23BrN4O2. The SMILES string of the molecule is CC(=O)OCN[C@H]1CC[C@H](CN(C)c2cnc(Br)nc2)CC1. The molecule has 122 valence electrons. The van der Waals surface area contributed by atoms with Crippen LogP contribution in [0.4, 0.5) is 5.69 Å². The van der Waals surface area contributed by atoms with Crippen LogP contribution >= 0.6 is 15.9 Å². The van der Waals surface area contributed by atoms with Crippen molar-refractivity contribution in [3.05, 3.63) is 17.1 Å². The lowest BCUT2D eigenvalue weighted by Gasteiger charge is -2.32. The Hall–Kier alpha value is -1.21. The van der Waals surface area contributed by atoms with Crippen molar-refractivity contribution >= 4 is 27.6 Å². The number of ether oxygens (including phenoxy) is 1. The molecule has 1 saturated carbocycles. The Bertz CT molecular complexity index is 475. The van der Waals surface area contributed by atoms with Gasteiger partial charge in [-0.1, -0.05) is 0 Å². The molecule has 1 N–H and O–H groups in total. The summed E-state index contributed by atoms with van der Waals surface area (Å²) in [5.74, 6) is 0.444. The standard InChI is InChI=1S/C15H23BrN4O2/c1-11(21)22-10-19-13-5-3-12(4-6-13)9-20(2)14-7-17-15(16)18-8-14/h7-8,12-13,19H,3-6,9-10H2,1-2H3/t12-,13-. The van der Waals surface area contributed by atoms with E-state index < -0.39 is 0 Å². The van der Waals surface area contributed by atoms with Gasteiger partial charge in [0.15, 0.2) is 4.73 Å². The third-order valence-corrected chi connectivity index (χ3v) is 4.48. The highest BCUT2D eigenvalue weighted by Gasteiger charge is 2.22. The molecule has 0 spiro atoms. The monoisotopic (exact) mass is 370 g/mol. The van der Waals surface area contributed by atoms with E-state index in [9.17, 15) is 4.79 Å². The molecule has 1 aromatic heterocycles. The minimum Gasteiger partial charge on any atom is -0.450 e. The molecule has 1 aliphatic carbocycles. The zero-order valence-corrected chi connectivity index (χ0v) is 14.7. The topological polar surface area (TPSA) is 67.3 Å². The number of nitrogens with zero attached hydrogens (tertiary/aromatic N) is 3. The zero-order chi connectivity index (χ0) is 15.9. The molecule has 2 rings (SSSR count). The first-order chi connectivity index (χ1) is 10.5. The minimum atomic E-state index is -0.237. The molecule has 1 aromatic rings. The fraction of sp³-hybridized carbons (Fsp3) is 0.667. The Morgan fingerprint density at radius 2 is 2.00 bits per heavy atom. The van der Waals surface area contributed by atoms with Gasteiger partial charge in [-0.2, -0.15) is 0 Å². The Kier molecular flexibility index (Phi) is 6.57. The van der Waals surface area contributed by atoms with Crippen molar-refractivity contribution in [3.8, 4) is 0 Å². The summed E-state index contributed by atoms with van der Waals surface area (Å²) >= 11 is 3.25. The predicted molar refractivity (Wildman–Crippen MR) is 88.5 cm³/mol. The number of rotatable bonds is 6. The zero-order valence-electron chi connectivity index (χ0n) is 13.1. The molecule has 1 fully saturated rings. The number of carbonyl (C=O) groups excluding carboxylic acids is 1. The van der Waals surface area contributed by atoms with E-state index in [-0.39, 0.29) is 5.97 Å². The number of halogens is 1. The first-order valence-electron chi connectivity index (χ1n) is 7.60. The maximum Gasteiger partial charge on any atom is 0.303 e. The molecule has 0 amide bonds. The number of carbonyl (C=O) groups is 1. The van der Waals surface area contributed by atoms with E-state index in [1.54, 1.807) is 0 Å². The third kappa shape index (κ3) is 5.53. The van der Waals surface area contributed by atoms with Gasteiger partial charge < -0.3 is 9.64 Å². The van der Waals surface area contributed by atoms with Crippen LogP contribution in [0.5, 0.6) is 0 Å². The van der Waals surface area contributed by atoms with E-state index in [0.29, 0.717) is 23.4 Å². The summed E-state index contributed by atoms with van der Waals surface area (Å²) in [5, 5.41) is 3.28. The molecule has 1 aliphatic rings. The van der Waals surface area contributed by atoms with Gasteiger partial charge in [0.2, 0.25) is 0 Å². The second-order valence-corrected chi connectivity index (χ2v) is 6.50. The molecule has 7 heteroatoms. The van der Waals surface area contributed by atoms with Crippen LogP contribution < -0.4 is 10.2 Å². The number of hydrogen-bond acceptors (Lipinski definition) is 6. The van der Waals surface area contributed by atoms with Crippen molar-refractivity contribution in [1.82, 2.24) is 15.3 Å². The van der Waals surface area contributed by atoms with Gasteiger partial charge in [-0.15, -0.1) is 0 Å². The molecule has 0 aliphatic heterocycles. The van der Waals surface area contributed by atoms with E-state index in [0.717, 1.165) is 25.1 Å². The van der Waals surface area contributed by atoms with Crippen LogP contribution in [0.15, 0.2) is 17.1 Å². The second kappa shape index (κ2) is 8.43. The molecule has 0 aromatic carbocycles. The van der Waals surface area contributed by atoms with Crippen LogP contribution in [-0.2, 0) is 9.53 Å². The second-order valence-electron chi connectivity index (χ2n) is 5.79. The first kappa shape index (κ1) is 17.1. The molecule has 0 atom stereocenters. The summed E-state index contributed by atoms with van der Waals surface area (Å²) in [6, 6.07) is 0.455. The summed E-state index contributed by atoms with van der Waals surface area (Å²) in [7, 11) is 2.08. The van der Waals surface area contributed by atoms with Gasteiger partial charge in [-0.05, 0) is 47.5 Å². The van der Waals surface area contributed by atoms with Gasteiger partial charge in [-0.25, -0.2) is 9.97 Å². The average Bonchev–Trinajstić information content (AvgIpc) is 2.49. The van der Waals surface area contributed by atoms with Crippen LogP contribution in [0.25, 0.3) is 0 Å². The number of anilines is 1. The molecule has 0 bridgehead atoms. The Morgan fingerprint density at radius 1 is 1.36 bits per heavy atom. The quantitative estimate of drug-likeness (QED) is 0.470. The molecule has 1 heterocycles. The fourth-order valence-corrected chi connectivity index (χ4v) is 3.01. The van der Waals surface area contributed by atoms with Crippen LogP contribution in [-0.4, -0.2) is 42.3 Å². The van der Waals surface area contributed by atoms with Crippen LogP contribution in [0.3, 0.4) is 0 Å². The summed E-state index contributed by atoms with van der Waals surface area (Å²) in [5.41, 5.74) is 1.04. The fourth-order valence-electron chi connectivity index (χ4n) is 2.81. The van der Waals surface area contributed by atoms with Gasteiger partial charge in [0.1, 0.15) is 6.73 Å². The molecule has 0 saturated heterocycles. The van der Waals surface area contributed by atoms with Crippen molar-refractivity contribution in [3.63, 3.8) is 0 Å². The van der Waals surface area contributed by atoms with Crippen molar-refractivity contribution in [2.45, 2.75) is 38.6 Å². The summed E-state index contributed by atoms with van der Waals surface area (Å²) in [6.07, 6.45) is 8.28. The van der Waals surface area contributed by atoms with E-state index in [1.165, 1.54) is 19.8 Å². The maximum atomic E-state index is 10.7. The van der Waals surface area contributed by atoms with Crippen LogP contribution in [0, 0.1) is 5.92 Å². The Morgan fingerprint density at radius 3 is 2.59 bits per heavy atom. The van der Waals surface area contributed by atoms with Crippen LogP contribution in [0.2, 0.25) is 0 Å². The minimum absolute atomic E-state index is 0.237. The van der Waals surface area contributed by atoms with Gasteiger partial charge in [-0.3, -0.25) is 10.1 Å². The highest BCUT2D eigenvalue weighted by molar-refractivity contribution is 9.10. The first-order valence-corrected chi connectivity index (χ1v) is 8.39. The van der Waals surface area contributed by atoms with E-state index in [1.807, 2.05) is 12.4 Å². The molecule has 0 unspecified atom stereocenters. The van der Waals surface area contributed by atoms with Gasteiger partial charge >= 0.3 is 5.97 Å². The number of aromatic nitrogens is 2. The summed E-state index contributed by atoms with van der Waals surface area (Å²) in [4.78, 5) is 21.3. The van der Waals surface area contributed by atoms with Gasteiger partial charge in [0.05, 0.1) is 18.1 Å². The summed E-state index contributed by atoms with van der Waals surface area (Å²) < 4.78 is 5.54. The predicted octanol–water partition coefficient (Wildman–Crippen LogP) is 2.34. The maximum absolute atomic E-state index is 10.7. The van der Waals surface area contributed by atoms with E-state index in [2.05, 4.69) is 43.2 Å². The lowest BCUT2D eigenvalue weighted by molar-refractivity contribution is -0.142. The van der Waals surface area contributed by atoms with Gasteiger partial charge in [0.25, 0.3) is 0 Å². The Labute approximate surface area is 139 Å². The Balaban J connectivity index is 1.70. The highest BCUT2D eigenvalue weighted by atomic mass is 79.9. The molecule has 22 heavy (non-hydrogen) atoms. The molecular weight excluding hydrogens is 348 g/mol. The third-order valence-electron chi connectivity index (χ3n) is 4.07. The lowest BCUT2D eigenvalue weighted by atomic mass is 9.86. The average molecular weight is 371 g/mol. The van der Waals surface area contributed by atoms with Crippen molar-refractivity contribution in [1.29, 1.82) is 0 Å². The number of hydrogen-bond donors (Lipinski definition) is 1. The smallest absolute Gasteiger partial charge is 0.303 e. The number of nitrogens with one attached hydrogen (secondary N) is 1. The number of esters is 1. The summed E-state index contributed by atoms with van der Waals surface area (Å²) in [6.45, 7) is 2.77.